The number of halogens is 2. The molecule has 5 rings (SSSR count). The van der Waals surface area contributed by atoms with Gasteiger partial charge in [0.05, 0.1) is 24.5 Å². The van der Waals surface area contributed by atoms with E-state index in [1.807, 2.05) is 0 Å². The van der Waals surface area contributed by atoms with E-state index in [1.54, 1.807) is 11.2 Å². The van der Waals surface area contributed by atoms with Crippen molar-refractivity contribution in [3.8, 4) is 0 Å². The number of sulfonamides is 1. The van der Waals surface area contributed by atoms with Crippen LogP contribution >= 0.6 is 0 Å². The highest BCUT2D eigenvalue weighted by atomic mass is 32.2. The van der Waals surface area contributed by atoms with Gasteiger partial charge in [-0.3, -0.25) is 9.89 Å². The van der Waals surface area contributed by atoms with E-state index in [1.165, 1.54) is 12.8 Å². The molecule has 2 atom stereocenters. The van der Waals surface area contributed by atoms with Crippen molar-refractivity contribution in [1.82, 2.24) is 9.21 Å². The lowest BCUT2D eigenvalue weighted by Gasteiger charge is -2.63. The second-order valence-corrected chi connectivity index (χ2v) is 12.3. The predicted molar refractivity (Wildman–Crippen MR) is 107 cm³/mol. The Hall–Kier alpha value is -0.840. The lowest BCUT2D eigenvalue weighted by molar-refractivity contribution is -0.215. The van der Waals surface area contributed by atoms with Crippen LogP contribution < -0.4 is 0 Å². The van der Waals surface area contributed by atoms with Crippen molar-refractivity contribution in [3.05, 3.63) is 0 Å². The summed E-state index contributed by atoms with van der Waals surface area (Å²) in [4.78, 5) is 6.66. The molecule has 0 N–H and O–H groups in total. The fourth-order valence-corrected chi connectivity index (χ4v) is 8.18. The molecule has 7 nitrogen and oxygen atoms in total. The van der Waals surface area contributed by atoms with Crippen LogP contribution in [0, 0.1) is 10.8 Å². The average molecular weight is 448 g/mol. The van der Waals surface area contributed by atoms with E-state index < -0.39 is 27.9 Å². The summed E-state index contributed by atoms with van der Waals surface area (Å²) < 4.78 is 62.5. The molecular weight excluding hydrogens is 416 g/mol. The Morgan fingerprint density at radius 1 is 1.17 bits per heavy atom. The minimum atomic E-state index is -3.50. The van der Waals surface area contributed by atoms with E-state index in [-0.39, 0.29) is 18.7 Å². The summed E-state index contributed by atoms with van der Waals surface area (Å²) in [5.41, 5.74) is 0.740. The van der Waals surface area contributed by atoms with Crippen LogP contribution in [0.5, 0.6) is 0 Å². The molecule has 4 heterocycles. The Morgan fingerprint density at radius 3 is 2.37 bits per heavy atom. The fraction of sp³-hybridized carbons (Fsp3) is 0.950. The van der Waals surface area contributed by atoms with E-state index in [9.17, 15) is 17.2 Å². The standard InChI is InChI=1S/C20H31F2N3O4S/c1-14-16(2-3-17(23-14)29-18(21)22)30(26,27)25-6-4-19(5-7-25)8-15(9-19)24-10-20(11-24)12-28-13-20/h14-16,18H,2-13H2,1H3. The van der Waals surface area contributed by atoms with Crippen LogP contribution in [0.25, 0.3) is 0 Å². The predicted octanol–water partition coefficient (Wildman–Crippen LogP) is 2.08. The maximum atomic E-state index is 13.2. The SMILES string of the molecule is CC1N=C(OC(F)F)CCC1S(=O)(=O)N1CCC2(CC1)CC(N1CC3(COC3)C1)C2. The summed E-state index contributed by atoms with van der Waals surface area (Å²) in [5, 5.41) is -0.660. The lowest BCUT2D eigenvalue weighted by Crippen LogP contribution is -2.70. The molecule has 2 spiro atoms. The van der Waals surface area contributed by atoms with Gasteiger partial charge in [-0.25, -0.2) is 12.7 Å². The number of alkyl halides is 2. The second-order valence-electron chi connectivity index (χ2n) is 10.1. The molecule has 0 radical (unpaired) electrons. The van der Waals surface area contributed by atoms with Gasteiger partial charge in [-0.1, -0.05) is 0 Å². The zero-order chi connectivity index (χ0) is 21.1. The van der Waals surface area contributed by atoms with Gasteiger partial charge in [-0.15, -0.1) is 0 Å². The van der Waals surface area contributed by atoms with Gasteiger partial charge in [0.1, 0.15) is 0 Å². The zero-order valence-electron chi connectivity index (χ0n) is 17.4. The molecule has 2 unspecified atom stereocenters. The van der Waals surface area contributed by atoms with Crippen molar-refractivity contribution in [2.45, 2.75) is 69.4 Å². The Balaban J connectivity index is 1.13. The Kier molecular flexibility index (Phi) is 5.15. The normalized spacial score (nSPS) is 34.3. The molecule has 0 amide bonds. The Labute approximate surface area is 176 Å². The smallest absolute Gasteiger partial charge is 0.388 e. The molecule has 0 aromatic heterocycles. The van der Waals surface area contributed by atoms with Crippen LogP contribution in [0.4, 0.5) is 8.78 Å². The number of likely N-dealkylation sites (tertiary alicyclic amines) is 1. The molecule has 0 aromatic carbocycles. The van der Waals surface area contributed by atoms with Gasteiger partial charge in [0.2, 0.25) is 10.0 Å². The summed E-state index contributed by atoms with van der Waals surface area (Å²) in [6.45, 7) is 4.00. The van der Waals surface area contributed by atoms with Crippen molar-refractivity contribution in [2.24, 2.45) is 15.8 Å². The lowest BCUT2D eigenvalue weighted by atomic mass is 9.59. The molecular formula is C20H31F2N3O4S. The van der Waals surface area contributed by atoms with Crippen LogP contribution in [0.2, 0.25) is 0 Å². The number of piperidine rings is 1. The second kappa shape index (κ2) is 7.35. The third-order valence-electron chi connectivity index (χ3n) is 8.03. The van der Waals surface area contributed by atoms with Crippen molar-refractivity contribution in [2.75, 3.05) is 39.4 Å². The van der Waals surface area contributed by atoms with Crippen molar-refractivity contribution in [1.29, 1.82) is 0 Å². The number of rotatable bonds is 4. The van der Waals surface area contributed by atoms with Gasteiger partial charge in [0.15, 0.2) is 5.90 Å². The summed E-state index contributed by atoms with van der Waals surface area (Å²) >= 11 is 0. The van der Waals surface area contributed by atoms with Crippen molar-refractivity contribution >= 4 is 15.9 Å². The fourth-order valence-electron chi connectivity index (χ4n) is 6.13. The van der Waals surface area contributed by atoms with Crippen LogP contribution in [0.3, 0.4) is 0 Å². The molecule has 10 heteroatoms. The first kappa shape index (κ1) is 21.0. The van der Waals surface area contributed by atoms with E-state index in [0.29, 0.717) is 30.0 Å². The highest BCUT2D eigenvalue weighted by Gasteiger charge is 2.56. The average Bonchev–Trinajstić information content (AvgIpc) is 2.57. The molecule has 0 bridgehead atoms. The third kappa shape index (κ3) is 3.57. The molecule has 1 aliphatic carbocycles. The zero-order valence-corrected chi connectivity index (χ0v) is 18.2. The van der Waals surface area contributed by atoms with E-state index in [0.717, 1.165) is 39.1 Å². The van der Waals surface area contributed by atoms with Crippen LogP contribution in [-0.2, 0) is 19.5 Å². The van der Waals surface area contributed by atoms with E-state index in [4.69, 9.17) is 4.74 Å². The van der Waals surface area contributed by atoms with Crippen LogP contribution in [0.15, 0.2) is 4.99 Å². The van der Waals surface area contributed by atoms with Gasteiger partial charge in [0, 0.05) is 44.1 Å². The van der Waals surface area contributed by atoms with Crippen LogP contribution in [0.1, 0.15) is 45.4 Å². The van der Waals surface area contributed by atoms with Gasteiger partial charge in [-0.05, 0) is 44.4 Å². The van der Waals surface area contributed by atoms with E-state index in [2.05, 4.69) is 14.6 Å². The molecule has 4 fully saturated rings. The van der Waals surface area contributed by atoms with Gasteiger partial charge in [0.25, 0.3) is 0 Å². The number of ether oxygens (including phenoxy) is 2. The Morgan fingerprint density at radius 2 is 1.83 bits per heavy atom. The monoisotopic (exact) mass is 447 g/mol. The Bertz CT molecular complexity index is 793. The number of aliphatic imine (C=N–C) groups is 1. The summed E-state index contributed by atoms with van der Waals surface area (Å²) in [7, 11) is -3.50. The third-order valence-corrected chi connectivity index (χ3v) is 10.5. The molecule has 30 heavy (non-hydrogen) atoms. The summed E-state index contributed by atoms with van der Waals surface area (Å²) in [6.07, 6.45) is 4.59. The molecule has 1 saturated carbocycles. The molecule has 170 valence electrons. The maximum absolute atomic E-state index is 13.2. The largest absolute Gasteiger partial charge is 0.421 e. The minimum Gasteiger partial charge on any atom is -0.421 e. The molecule has 4 aliphatic heterocycles. The first-order chi connectivity index (χ1) is 14.2. The highest BCUT2D eigenvalue weighted by molar-refractivity contribution is 7.89. The maximum Gasteiger partial charge on any atom is 0.388 e. The first-order valence-corrected chi connectivity index (χ1v) is 12.5. The van der Waals surface area contributed by atoms with Gasteiger partial charge >= 0.3 is 6.61 Å². The van der Waals surface area contributed by atoms with Crippen molar-refractivity contribution in [3.63, 3.8) is 0 Å². The topological polar surface area (TPSA) is 71.4 Å². The summed E-state index contributed by atoms with van der Waals surface area (Å²) in [6, 6.07) is 0.0797. The number of hydrogen-bond acceptors (Lipinski definition) is 6. The number of hydrogen-bond donors (Lipinski definition) is 0. The minimum absolute atomic E-state index is 0.0386. The van der Waals surface area contributed by atoms with E-state index >= 15 is 0 Å². The molecule has 0 aromatic rings. The molecule has 3 saturated heterocycles. The quantitative estimate of drug-likeness (QED) is 0.660. The van der Waals surface area contributed by atoms with Gasteiger partial charge in [-0.2, -0.15) is 8.78 Å². The van der Waals surface area contributed by atoms with Crippen molar-refractivity contribution < 1.29 is 26.7 Å². The molecule has 5 aliphatic rings. The first-order valence-electron chi connectivity index (χ1n) is 11.0. The van der Waals surface area contributed by atoms with Crippen LogP contribution in [-0.4, -0.2) is 86.9 Å². The number of nitrogens with zero attached hydrogens (tertiary/aromatic N) is 3. The highest BCUT2D eigenvalue weighted by Crippen LogP contribution is 2.54. The van der Waals surface area contributed by atoms with Gasteiger partial charge < -0.3 is 9.47 Å². The summed E-state index contributed by atoms with van der Waals surface area (Å²) in [5.74, 6) is -0.0386.